The van der Waals surface area contributed by atoms with Gasteiger partial charge < -0.3 is 9.80 Å². The Morgan fingerprint density at radius 1 is 1.36 bits per heavy atom. The van der Waals surface area contributed by atoms with Crippen LogP contribution in [0.2, 0.25) is 0 Å². The molecule has 1 aromatic rings. The van der Waals surface area contributed by atoms with Gasteiger partial charge in [-0.1, -0.05) is 6.07 Å². The van der Waals surface area contributed by atoms with Crippen LogP contribution in [0, 0.1) is 5.92 Å². The third-order valence-corrected chi connectivity index (χ3v) is 4.53. The normalized spacial score (nSPS) is 17.1. The molecular formula is C17H25N3O2. The molecule has 2 rings (SSSR count). The largest absolute Gasteiger partial charge is 0.343 e. The standard InChI is InChI=1S/C17H25N3O2/c1-13(12-16-6-4-5-9-18-16)19(3)17(22)15-7-10-20(11-8-15)14(2)21/h4-6,9,13,15H,7-8,10-12H2,1-3H3/t13-/m0/s1. The predicted octanol–water partition coefficient (Wildman–Crippen LogP) is 1.73. The van der Waals surface area contributed by atoms with Crippen molar-refractivity contribution in [1.29, 1.82) is 0 Å². The van der Waals surface area contributed by atoms with Gasteiger partial charge in [-0.05, 0) is 31.9 Å². The van der Waals surface area contributed by atoms with Gasteiger partial charge in [-0.2, -0.15) is 0 Å². The smallest absolute Gasteiger partial charge is 0.225 e. The number of likely N-dealkylation sites (N-methyl/N-ethyl adjacent to an activating group) is 1. The number of piperidine rings is 1. The molecule has 2 amide bonds. The Labute approximate surface area is 132 Å². The van der Waals surface area contributed by atoms with Gasteiger partial charge in [0.05, 0.1) is 0 Å². The first-order chi connectivity index (χ1) is 10.5. The number of pyridine rings is 1. The first kappa shape index (κ1) is 16.5. The minimum absolute atomic E-state index is 0.0341. The number of hydrogen-bond donors (Lipinski definition) is 0. The average Bonchev–Trinajstić information content (AvgIpc) is 2.54. The molecule has 1 aromatic heterocycles. The molecule has 0 bridgehead atoms. The van der Waals surface area contributed by atoms with Gasteiger partial charge in [-0.25, -0.2) is 0 Å². The lowest BCUT2D eigenvalue weighted by Gasteiger charge is -2.34. The molecule has 1 fully saturated rings. The molecule has 0 spiro atoms. The number of nitrogens with zero attached hydrogens (tertiary/aromatic N) is 3. The summed E-state index contributed by atoms with van der Waals surface area (Å²) in [5.74, 6) is 0.321. The highest BCUT2D eigenvalue weighted by Gasteiger charge is 2.29. The van der Waals surface area contributed by atoms with Crippen molar-refractivity contribution in [3.8, 4) is 0 Å². The van der Waals surface area contributed by atoms with Crippen LogP contribution in [0.3, 0.4) is 0 Å². The average molecular weight is 303 g/mol. The SMILES string of the molecule is CC(=O)N1CCC(C(=O)N(C)[C@@H](C)Cc2ccccn2)CC1. The minimum atomic E-state index is 0.0341. The minimum Gasteiger partial charge on any atom is -0.343 e. The number of rotatable bonds is 4. The molecule has 0 N–H and O–H groups in total. The van der Waals surface area contributed by atoms with Crippen molar-refractivity contribution in [1.82, 2.24) is 14.8 Å². The molecule has 120 valence electrons. The fourth-order valence-corrected chi connectivity index (χ4v) is 2.90. The molecule has 0 aliphatic carbocycles. The Morgan fingerprint density at radius 3 is 2.59 bits per heavy atom. The van der Waals surface area contributed by atoms with Crippen LogP contribution in [0.15, 0.2) is 24.4 Å². The van der Waals surface area contributed by atoms with Gasteiger partial charge >= 0.3 is 0 Å². The lowest BCUT2D eigenvalue weighted by Crippen LogP contribution is -2.45. The van der Waals surface area contributed by atoms with Gasteiger partial charge in [0, 0.05) is 57.3 Å². The second-order valence-electron chi connectivity index (χ2n) is 6.10. The van der Waals surface area contributed by atoms with Crippen LogP contribution in [0.5, 0.6) is 0 Å². The number of likely N-dealkylation sites (tertiary alicyclic amines) is 1. The number of amides is 2. The van der Waals surface area contributed by atoms with Gasteiger partial charge in [0.2, 0.25) is 11.8 Å². The zero-order valence-electron chi connectivity index (χ0n) is 13.7. The van der Waals surface area contributed by atoms with E-state index in [-0.39, 0.29) is 23.8 Å². The zero-order valence-corrected chi connectivity index (χ0v) is 13.7. The maximum atomic E-state index is 12.6. The molecule has 5 heteroatoms. The first-order valence-electron chi connectivity index (χ1n) is 7.91. The van der Waals surface area contributed by atoms with E-state index in [1.165, 1.54) is 0 Å². The van der Waals surface area contributed by atoms with Crippen LogP contribution in [0.25, 0.3) is 0 Å². The van der Waals surface area contributed by atoms with E-state index in [1.807, 2.05) is 35.0 Å². The molecule has 0 aromatic carbocycles. The Morgan fingerprint density at radius 2 is 2.05 bits per heavy atom. The molecular weight excluding hydrogens is 278 g/mol. The number of hydrogen-bond acceptors (Lipinski definition) is 3. The molecule has 1 aliphatic rings. The molecule has 0 unspecified atom stereocenters. The third kappa shape index (κ3) is 4.06. The van der Waals surface area contributed by atoms with Crippen molar-refractivity contribution in [3.63, 3.8) is 0 Å². The molecule has 0 saturated carbocycles. The fraction of sp³-hybridized carbons (Fsp3) is 0.588. The monoisotopic (exact) mass is 303 g/mol. The molecule has 1 aliphatic heterocycles. The van der Waals surface area contributed by atoms with E-state index in [0.29, 0.717) is 13.1 Å². The summed E-state index contributed by atoms with van der Waals surface area (Å²) in [7, 11) is 1.87. The fourth-order valence-electron chi connectivity index (χ4n) is 2.90. The first-order valence-corrected chi connectivity index (χ1v) is 7.91. The lowest BCUT2D eigenvalue weighted by atomic mass is 9.94. The van der Waals surface area contributed by atoms with Crippen molar-refractivity contribution in [2.75, 3.05) is 20.1 Å². The molecule has 5 nitrogen and oxygen atoms in total. The predicted molar refractivity (Wildman–Crippen MR) is 85.2 cm³/mol. The Balaban J connectivity index is 1.88. The van der Waals surface area contributed by atoms with Crippen LogP contribution in [-0.4, -0.2) is 52.8 Å². The van der Waals surface area contributed by atoms with E-state index < -0.39 is 0 Å². The van der Waals surface area contributed by atoms with Crippen molar-refractivity contribution < 1.29 is 9.59 Å². The highest BCUT2D eigenvalue weighted by molar-refractivity contribution is 5.79. The van der Waals surface area contributed by atoms with E-state index in [0.717, 1.165) is 25.0 Å². The molecule has 22 heavy (non-hydrogen) atoms. The Kier molecular flexibility index (Phi) is 5.52. The van der Waals surface area contributed by atoms with E-state index in [1.54, 1.807) is 13.1 Å². The van der Waals surface area contributed by atoms with E-state index in [4.69, 9.17) is 0 Å². The van der Waals surface area contributed by atoms with Crippen molar-refractivity contribution >= 4 is 11.8 Å². The van der Waals surface area contributed by atoms with Crippen molar-refractivity contribution in [3.05, 3.63) is 30.1 Å². The maximum absolute atomic E-state index is 12.6. The summed E-state index contributed by atoms with van der Waals surface area (Å²) in [5, 5.41) is 0. The second kappa shape index (κ2) is 7.38. The highest BCUT2D eigenvalue weighted by atomic mass is 16.2. The number of carbonyl (C=O) groups excluding carboxylic acids is 2. The summed E-state index contributed by atoms with van der Waals surface area (Å²) in [6, 6.07) is 5.97. The second-order valence-corrected chi connectivity index (χ2v) is 6.10. The van der Waals surface area contributed by atoms with Gasteiger partial charge in [-0.3, -0.25) is 14.6 Å². The van der Waals surface area contributed by atoms with Gasteiger partial charge in [0.15, 0.2) is 0 Å². The molecule has 0 radical (unpaired) electrons. The Bertz CT molecular complexity index is 510. The van der Waals surface area contributed by atoms with E-state index in [9.17, 15) is 9.59 Å². The lowest BCUT2D eigenvalue weighted by molar-refractivity contribution is -0.140. The van der Waals surface area contributed by atoms with Crippen molar-refractivity contribution in [2.24, 2.45) is 5.92 Å². The summed E-state index contributed by atoms with van der Waals surface area (Å²) >= 11 is 0. The van der Waals surface area contributed by atoms with Crippen molar-refractivity contribution in [2.45, 2.75) is 39.2 Å². The number of aromatic nitrogens is 1. The summed E-state index contributed by atoms with van der Waals surface area (Å²) in [4.78, 5) is 31.9. The van der Waals surface area contributed by atoms with Crippen LogP contribution < -0.4 is 0 Å². The highest BCUT2D eigenvalue weighted by Crippen LogP contribution is 2.20. The summed E-state index contributed by atoms with van der Waals surface area (Å²) < 4.78 is 0. The summed E-state index contributed by atoms with van der Waals surface area (Å²) in [6.45, 7) is 5.02. The summed E-state index contributed by atoms with van der Waals surface area (Å²) in [5.41, 5.74) is 1.00. The molecule has 1 atom stereocenters. The van der Waals surface area contributed by atoms with E-state index in [2.05, 4.69) is 11.9 Å². The summed E-state index contributed by atoms with van der Waals surface area (Å²) in [6.07, 6.45) is 4.06. The van der Waals surface area contributed by atoms with Crippen LogP contribution in [0.4, 0.5) is 0 Å². The Hall–Kier alpha value is -1.91. The van der Waals surface area contributed by atoms with Gasteiger partial charge in [0.1, 0.15) is 0 Å². The zero-order chi connectivity index (χ0) is 16.1. The molecule has 2 heterocycles. The maximum Gasteiger partial charge on any atom is 0.225 e. The quantitative estimate of drug-likeness (QED) is 0.851. The third-order valence-electron chi connectivity index (χ3n) is 4.53. The van der Waals surface area contributed by atoms with Crippen LogP contribution in [-0.2, 0) is 16.0 Å². The van der Waals surface area contributed by atoms with Gasteiger partial charge in [-0.15, -0.1) is 0 Å². The van der Waals surface area contributed by atoms with Gasteiger partial charge in [0.25, 0.3) is 0 Å². The van der Waals surface area contributed by atoms with E-state index >= 15 is 0 Å². The number of carbonyl (C=O) groups is 2. The molecule has 1 saturated heterocycles. The topological polar surface area (TPSA) is 53.5 Å². The van der Waals surface area contributed by atoms with Crippen LogP contribution >= 0.6 is 0 Å². The van der Waals surface area contributed by atoms with Crippen LogP contribution in [0.1, 0.15) is 32.4 Å².